The third kappa shape index (κ3) is 6.77. The van der Waals surface area contributed by atoms with Crippen LogP contribution in [0.3, 0.4) is 0 Å². The van der Waals surface area contributed by atoms with Crippen LogP contribution in [0.1, 0.15) is 18.7 Å². The van der Waals surface area contributed by atoms with Crippen molar-refractivity contribution in [1.29, 1.82) is 0 Å². The standard InChI is InChI=1S/C19H20N4O2S.C5H6N2/c24-19-15-5-4-13(21-17-3-1-2-8-20-17)11-16(15)22-18(23-19)12-26-14-6-9-25-10-7-14;6-5-3-1-2-4-7-5/h1-5,8,11,14H,6-7,9-10,12H2,(H,20,21)(H,22,23,24);1-4H,(H2,6,7). The molecule has 0 atom stereocenters. The summed E-state index contributed by atoms with van der Waals surface area (Å²) in [4.78, 5) is 27.9. The zero-order chi connectivity index (χ0) is 22.9. The van der Waals surface area contributed by atoms with E-state index in [-0.39, 0.29) is 5.56 Å². The topological polar surface area (TPSA) is 119 Å². The molecule has 1 fully saturated rings. The molecule has 0 amide bonds. The highest BCUT2D eigenvalue weighted by molar-refractivity contribution is 7.99. The molecule has 33 heavy (non-hydrogen) atoms. The summed E-state index contributed by atoms with van der Waals surface area (Å²) in [6.45, 7) is 1.64. The number of nitrogens with zero attached hydrogens (tertiary/aromatic N) is 3. The summed E-state index contributed by atoms with van der Waals surface area (Å²) < 4.78 is 5.39. The number of aromatic amines is 1. The maximum absolute atomic E-state index is 12.4. The van der Waals surface area contributed by atoms with E-state index in [4.69, 9.17) is 10.5 Å². The second-order valence-electron chi connectivity index (χ2n) is 7.46. The quantitative estimate of drug-likeness (QED) is 0.405. The van der Waals surface area contributed by atoms with Crippen LogP contribution in [0.4, 0.5) is 17.3 Å². The normalized spacial score (nSPS) is 13.8. The molecular weight excluding hydrogens is 436 g/mol. The summed E-state index contributed by atoms with van der Waals surface area (Å²) >= 11 is 1.84. The zero-order valence-electron chi connectivity index (χ0n) is 18.1. The minimum atomic E-state index is -0.0954. The van der Waals surface area contributed by atoms with Crippen molar-refractivity contribution in [2.45, 2.75) is 23.8 Å². The molecule has 0 bridgehead atoms. The van der Waals surface area contributed by atoms with E-state index in [1.165, 1.54) is 0 Å². The van der Waals surface area contributed by atoms with Crippen molar-refractivity contribution in [2.24, 2.45) is 0 Å². The molecular formula is C24H26N6O2S. The number of hydrogen-bond donors (Lipinski definition) is 3. The van der Waals surface area contributed by atoms with Gasteiger partial charge in [-0.2, -0.15) is 11.8 Å². The number of pyridine rings is 2. The lowest BCUT2D eigenvalue weighted by Crippen LogP contribution is -2.18. The molecule has 1 aliphatic heterocycles. The third-order valence-corrected chi connectivity index (χ3v) is 6.39. The molecule has 8 nitrogen and oxygen atoms in total. The zero-order valence-corrected chi connectivity index (χ0v) is 18.9. The van der Waals surface area contributed by atoms with Gasteiger partial charge in [-0.15, -0.1) is 0 Å². The Kier molecular flexibility index (Phi) is 7.89. The molecule has 0 aliphatic carbocycles. The molecule has 170 valence electrons. The fraction of sp³-hybridized carbons (Fsp3) is 0.250. The fourth-order valence-corrected chi connectivity index (χ4v) is 4.39. The Morgan fingerprint density at radius 3 is 2.52 bits per heavy atom. The molecule has 1 aliphatic rings. The number of benzene rings is 1. The number of ether oxygens (including phenoxy) is 1. The van der Waals surface area contributed by atoms with Gasteiger partial charge in [-0.05, 0) is 55.3 Å². The molecule has 0 saturated carbocycles. The second-order valence-corrected chi connectivity index (χ2v) is 8.75. The Balaban J connectivity index is 0.000000318. The van der Waals surface area contributed by atoms with E-state index in [9.17, 15) is 4.79 Å². The molecule has 4 N–H and O–H groups in total. The van der Waals surface area contributed by atoms with Crippen molar-refractivity contribution < 1.29 is 4.74 Å². The molecule has 1 aromatic carbocycles. The summed E-state index contributed by atoms with van der Waals surface area (Å²) in [5.74, 6) is 2.75. The highest BCUT2D eigenvalue weighted by Gasteiger charge is 2.15. The lowest BCUT2D eigenvalue weighted by Gasteiger charge is -2.21. The van der Waals surface area contributed by atoms with Gasteiger partial charge in [0.2, 0.25) is 0 Å². The van der Waals surface area contributed by atoms with Gasteiger partial charge in [0.15, 0.2) is 0 Å². The number of nitrogens with one attached hydrogen (secondary N) is 2. The molecule has 4 aromatic rings. The average Bonchev–Trinajstić information content (AvgIpc) is 2.85. The second kappa shape index (κ2) is 11.4. The van der Waals surface area contributed by atoms with Crippen LogP contribution in [0.2, 0.25) is 0 Å². The summed E-state index contributed by atoms with van der Waals surface area (Å²) in [7, 11) is 0. The highest BCUT2D eigenvalue weighted by atomic mass is 32.2. The molecule has 0 radical (unpaired) electrons. The number of aromatic nitrogens is 4. The molecule has 9 heteroatoms. The number of nitrogens with two attached hydrogens (primary N) is 1. The molecule has 0 spiro atoms. The van der Waals surface area contributed by atoms with Crippen molar-refractivity contribution >= 4 is 40.0 Å². The van der Waals surface area contributed by atoms with Gasteiger partial charge in [0.25, 0.3) is 5.56 Å². The first kappa shape index (κ1) is 22.8. The molecule has 0 unspecified atom stereocenters. The molecule has 1 saturated heterocycles. The maximum atomic E-state index is 12.4. The van der Waals surface area contributed by atoms with Crippen LogP contribution in [-0.2, 0) is 10.5 Å². The number of hydrogen-bond acceptors (Lipinski definition) is 8. The van der Waals surface area contributed by atoms with Crippen molar-refractivity contribution in [2.75, 3.05) is 24.3 Å². The van der Waals surface area contributed by atoms with E-state index < -0.39 is 0 Å². The maximum Gasteiger partial charge on any atom is 0.258 e. The van der Waals surface area contributed by atoms with Crippen molar-refractivity contribution in [3.8, 4) is 0 Å². The van der Waals surface area contributed by atoms with E-state index in [1.54, 1.807) is 24.5 Å². The van der Waals surface area contributed by atoms with Crippen LogP contribution in [0.15, 0.2) is 71.8 Å². The van der Waals surface area contributed by atoms with E-state index in [0.717, 1.165) is 37.6 Å². The first-order valence-electron chi connectivity index (χ1n) is 10.7. The Morgan fingerprint density at radius 1 is 1.06 bits per heavy atom. The lowest BCUT2D eigenvalue weighted by atomic mass is 10.2. The van der Waals surface area contributed by atoms with Gasteiger partial charge in [-0.25, -0.2) is 15.0 Å². The smallest absolute Gasteiger partial charge is 0.258 e. The summed E-state index contributed by atoms with van der Waals surface area (Å²) in [5, 5.41) is 4.40. The number of rotatable bonds is 5. The molecule has 3 aromatic heterocycles. The third-order valence-electron chi connectivity index (χ3n) is 5.00. The van der Waals surface area contributed by atoms with Crippen LogP contribution in [-0.4, -0.2) is 38.4 Å². The number of H-pyrrole nitrogens is 1. The largest absolute Gasteiger partial charge is 0.384 e. The fourth-order valence-electron chi connectivity index (χ4n) is 3.33. The van der Waals surface area contributed by atoms with Crippen molar-refractivity contribution in [1.82, 2.24) is 19.9 Å². The van der Waals surface area contributed by atoms with E-state index in [1.807, 2.05) is 54.2 Å². The molecule has 5 rings (SSSR count). The van der Waals surface area contributed by atoms with E-state index >= 15 is 0 Å². The van der Waals surface area contributed by atoms with Crippen LogP contribution >= 0.6 is 11.8 Å². The number of thioether (sulfide) groups is 1. The van der Waals surface area contributed by atoms with Crippen LogP contribution in [0.5, 0.6) is 0 Å². The first-order chi connectivity index (χ1) is 16.2. The van der Waals surface area contributed by atoms with Gasteiger partial charge in [0.1, 0.15) is 17.5 Å². The number of fused-ring (bicyclic) bond motifs is 1. The summed E-state index contributed by atoms with van der Waals surface area (Å²) in [6, 6.07) is 16.7. The number of nitrogen functional groups attached to an aromatic ring is 1. The first-order valence-corrected chi connectivity index (χ1v) is 11.8. The van der Waals surface area contributed by atoms with Crippen LogP contribution < -0.4 is 16.6 Å². The Morgan fingerprint density at radius 2 is 1.85 bits per heavy atom. The van der Waals surface area contributed by atoms with Gasteiger partial charge >= 0.3 is 0 Å². The van der Waals surface area contributed by atoms with Gasteiger partial charge in [0, 0.05) is 36.5 Å². The van der Waals surface area contributed by atoms with E-state index in [2.05, 4.69) is 25.3 Å². The van der Waals surface area contributed by atoms with Gasteiger partial charge in [-0.1, -0.05) is 12.1 Å². The average molecular weight is 463 g/mol. The predicted octanol–water partition coefficient (Wildman–Crippen LogP) is 4.14. The number of anilines is 3. The summed E-state index contributed by atoms with van der Waals surface area (Å²) in [5.41, 5.74) is 6.70. The van der Waals surface area contributed by atoms with Crippen LogP contribution in [0, 0.1) is 0 Å². The summed E-state index contributed by atoms with van der Waals surface area (Å²) in [6.07, 6.45) is 5.51. The van der Waals surface area contributed by atoms with Gasteiger partial charge < -0.3 is 20.8 Å². The van der Waals surface area contributed by atoms with Crippen molar-refractivity contribution in [3.63, 3.8) is 0 Å². The van der Waals surface area contributed by atoms with Gasteiger partial charge in [-0.3, -0.25) is 4.79 Å². The molecule has 4 heterocycles. The van der Waals surface area contributed by atoms with Crippen LogP contribution in [0.25, 0.3) is 10.9 Å². The minimum Gasteiger partial charge on any atom is -0.384 e. The van der Waals surface area contributed by atoms with Gasteiger partial charge in [0.05, 0.1) is 16.7 Å². The predicted molar refractivity (Wildman–Crippen MR) is 134 cm³/mol. The monoisotopic (exact) mass is 462 g/mol. The SMILES string of the molecule is Nc1ccccn1.O=c1[nH]c(CSC2CCOCC2)nc2cc(Nc3ccccn3)ccc12. The highest BCUT2D eigenvalue weighted by Crippen LogP contribution is 2.25. The Hall–Kier alpha value is -3.43. The Labute approximate surface area is 196 Å². The minimum absolute atomic E-state index is 0.0954. The van der Waals surface area contributed by atoms with E-state index in [0.29, 0.717) is 33.5 Å². The Bertz CT molecular complexity index is 1210. The lowest BCUT2D eigenvalue weighted by molar-refractivity contribution is 0.1000. The van der Waals surface area contributed by atoms with Crippen molar-refractivity contribution in [3.05, 3.63) is 83.2 Å².